The molecule has 0 saturated carbocycles. The number of carboxylic acid groups (broad SMARTS) is 2. The van der Waals surface area contributed by atoms with E-state index in [-0.39, 0.29) is 16.1 Å². The summed E-state index contributed by atoms with van der Waals surface area (Å²) in [6.45, 7) is 0. The lowest BCUT2D eigenvalue weighted by molar-refractivity contribution is -0.255. The Labute approximate surface area is 130 Å². The molecule has 7 heteroatoms. The Balaban J connectivity index is 2.39. The number of para-hydroxylation sites is 1. The first-order valence-corrected chi connectivity index (χ1v) is 6.40. The number of amides is 1. The number of rotatable bonds is 4. The van der Waals surface area contributed by atoms with Gasteiger partial charge in [0.2, 0.25) is 0 Å². The molecule has 0 heterocycles. The predicted molar refractivity (Wildman–Crippen MR) is 74.5 cm³/mol. The number of anilines is 1. The molecule has 0 bridgehead atoms. The van der Waals surface area contributed by atoms with Crippen LogP contribution in [0.15, 0.2) is 42.5 Å². The van der Waals surface area contributed by atoms with E-state index in [0.29, 0.717) is 5.69 Å². The Bertz CT molecular complexity index is 772. The molecule has 0 aliphatic carbocycles. The third-order valence-electron chi connectivity index (χ3n) is 2.84. The van der Waals surface area contributed by atoms with E-state index >= 15 is 0 Å². The van der Waals surface area contributed by atoms with Crippen LogP contribution in [0.25, 0.3) is 0 Å². The summed E-state index contributed by atoms with van der Waals surface area (Å²) in [5, 5.41) is 24.6. The Morgan fingerprint density at radius 2 is 1.59 bits per heavy atom. The highest BCUT2D eigenvalue weighted by molar-refractivity contribution is 6.34. The van der Waals surface area contributed by atoms with Gasteiger partial charge in [-0.15, -0.1) is 0 Å². The summed E-state index contributed by atoms with van der Waals surface area (Å²) in [6, 6.07) is 9.35. The number of aromatic carboxylic acids is 2. The van der Waals surface area contributed by atoms with Crippen molar-refractivity contribution < 1.29 is 24.6 Å². The Morgan fingerprint density at radius 1 is 0.909 bits per heavy atom. The number of carbonyl (C=O) groups is 3. The molecule has 0 saturated heterocycles. The van der Waals surface area contributed by atoms with Crippen molar-refractivity contribution in [3.63, 3.8) is 0 Å². The average molecular weight is 318 g/mol. The summed E-state index contributed by atoms with van der Waals surface area (Å²) < 4.78 is 0. The molecule has 2 rings (SSSR count). The molecular formula is C15H8ClNO5-2. The molecule has 2 aromatic rings. The lowest BCUT2D eigenvalue weighted by atomic mass is 10.0. The zero-order chi connectivity index (χ0) is 16.3. The van der Waals surface area contributed by atoms with Gasteiger partial charge < -0.3 is 25.1 Å². The van der Waals surface area contributed by atoms with Crippen LogP contribution in [0, 0.1) is 0 Å². The zero-order valence-corrected chi connectivity index (χ0v) is 11.7. The van der Waals surface area contributed by atoms with Crippen molar-refractivity contribution in [3.05, 3.63) is 64.2 Å². The monoisotopic (exact) mass is 317 g/mol. The van der Waals surface area contributed by atoms with Gasteiger partial charge in [0.25, 0.3) is 5.91 Å². The molecule has 0 spiro atoms. The van der Waals surface area contributed by atoms with Crippen LogP contribution in [0.5, 0.6) is 0 Å². The smallest absolute Gasteiger partial charge is 0.256 e. The standard InChI is InChI=1S/C15H10ClNO5/c16-11-3-1-2-4-12(11)17-13(18)9-6-5-8(14(19)20)7-10(9)15(21)22/h1-7H,(H,17,18)(H,19,20)(H,21,22)/p-2. The summed E-state index contributed by atoms with van der Waals surface area (Å²) in [7, 11) is 0. The van der Waals surface area contributed by atoms with Crippen LogP contribution in [0.2, 0.25) is 5.02 Å². The molecule has 6 nitrogen and oxygen atoms in total. The summed E-state index contributed by atoms with van der Waals surface area (Å²) in [6.07, 6.45) is 0. The molecule has 0 radical (unpaired) electrons. The Kier molecular flexibility index (Phi) is 4.43. The lowest BCUT2D eigenvalue weighted by Crippen LogP contribution is -2.28. The summed E-state index contributed by atoms with van der Waals surface area (Å²) in [5.74, 6) is -3.98. The van der Waals surface area contributed by atoms with Gasteiger partial charge in [-0.25, -0.2) is 0 Å². The number of halogens is 1. The second-order valence-electron chi connectivity index (χ2n) is 4.27. The van der Waals surface area contributed by atoms with Crippen molar-refractivity contribution in [2.75, 3.05) is 5.32 Å². The molecule has 1 N–H and O–H groups in total. The molecule has 0 fully saturated rings. The van der Waals surface area contributed by atoms with Gasteiger partial charge in [0.05, 0.1) is 22.6 Å². The third-order valence-corrected chi connectivity index (χ3v) is 3.17. The van der Waals surface area contributed by atoms with E-state index in [2.05, 4.69) is 5.32 Å². The molecule has 0 unspecified atom stereocenters. The molecule has 0 atom stereocenters. The maximum absolute atomic E-state index is 12.1. The van der Waals surface area contributed by atoms with Gasteiger partial charge in [-0.1, -0.05) is 29.8 Å². The minimum atomic E-state index is -1.67. The first-order valence-electron chi connectivity index (χ1n) is 6.02. The van der Waals surface area contributed by atoms with E-state index < -0.39 is 23.4 Å². The van der Waals surface area contributed by atoms with Crippen molar-refractivity contribution in [2.45, 2.75) is 0 Å². The topological polar surface area (TPSA) is 109 Å². The van der Waals surface area contributed by atoms with E-state index in [1.54, 1.807) is 18.2 Å². The number of benzene rings is 2. The highest BCUT2D eigenvalue weighted by Crippen LogP contribution is 2.22. The average Bonchev–Trinajstić information content (AvgIpc) is 2.48. The fraction of sp³-hybridized carbons (Fsp3) is 0. The second-order valence-corrected chi connectivity index (χ2v) is 4.68. The molecule has 112 valence electrons. The molecule has 0 aliphatic heterocycles. The zero-order valence-electron chi connectivity index (χ0n) is 11.0. The summed E-state index contributed by atoms with van der Waals surface area (Å²) in [5.41, 5.74) is -0.868. The van der Waals surface area contributed by atoms with Gasteiger partial charge in [-0.05, 0) is 29.8 Å². The van der Waals surface area contributed by atoms with E-state index in [1.807, 2.05) is 0 Å². The van der Waals surface area contributed by atoms with Crippen LogP contribution in [0.3, 0.4) is 0 Å². The van der Waals surface area contributed by atoms with Gasteiger partial charge in [0.1, 0.15) is 0 Å². The van der Waals surface area contributed by atoms with E-state index in [4.69, 9.17) is 11.6 Å². The van der Waals surface area contributed by atoms with Crippen LogP contribution in [0.1, 0.15) is 31.1 Å². The van der Waals surface area contributed by atoms with Crippen molar-refractivity contribution >= 4 is 35.1 Å². The normalized spacial score (nSPS) is 10.0. The number of carboxylic acids is 2. The van der Waals surface area contributed by atoms with Crippen LogP contribution in [-0.2, 0) is 0 Å². The van der Waals surface area contributed by atoms with Crippen molar-refractivity contribution in [2.24, 2.45) is 0 Å². The Hall–Kier alpha value is -2.86. The molecular weight excluding hydrogens is 310 g/mol. The van der Waals surface area contributed by atoms with E-state index in [9.17, 15) is 24.6 Å². The number of hydrogen-bond acceptors (Lipinski definition) is 5. The van der Waals surface area contributed by atoms with Gasteiger partial charge in [-0.3, -0.25) is 4.79 Å². The molecule has 0 aliphatic rings. The van der Waals surface area contributed by atoms with Crippen LogP contribution in [0.4, 0.5) is 5.69 Å². The van der Waals surface area contributed by atoms with Crippen molar-refractivity contribution in [1.82, 2.24) is 0 Å². The second kappa shape index (κ2) is 6.28. The van der Waals surface area contributed by atoms with Crippen LogP contribution >= 0.6 is 11.6 Å². The lowest BCUT2D eigenvalue weighted by Gasteiger charge is -2.13. The summed E-state index contributed by atoms with van der Waals surface area (Å²) in [4.78, 5) is 34.0. The van der Waals surface area contributed by atoms with Gasteiger partial charge in [0, 0.05) is 11.1 Å². The SMILES string of the molecule is O=C([O-])c1ccc(C(=O)Nc2ccccc2Cl)c(C(=O)[O-])c1. The predicted octanol–water partition coefficient (Wildman–Crippen LogP) is 0.319. The van der Waals surface area contributed by atoms with Crippen molar-refractivity contribution in [3.8, 4) is 0 Å². The van der Waals surface area contributed by atoms with Crippen molar-refractivity contribution in [1.29, 1.82) is 0 Å². The Morgan fingerprint density at radius 3 is 2.18 bits per heavy atom. The van der Waals surface area contributed by atoms with Gasteiger partial charge >= 0.3 is 0 Å². The van der Waals surface area contributed by atoms with Crippen LogP contribution < -0.4 is 15.5 Å². The third kappa shape index (κ3) is 3.24. The molecule has 2 aromatic carbocycles. The highest BCUT2D eigenvalue weighted by Gasteiger charge is 2.14. The maximum Gasteiger partial charge on any atom is 0.256 e. The number of hydrogen-bond donors (Lipinski definition) is 1. The number of nitrogens with one attached hydrogen (secondary N) is 1. The molecule has 22 heavy (non-hydrogen) atoms. The number of carbonyl (C=O) groups excluding carboxylic acids is 3. The fourth-order valence-electron chi connectivity index (χ4n) is 1.79. The van der Waals surface area contributed by atoms with Gasteiger partial charge in [0.15, 0.2) is 0 Å². The first-order chi connectivity index (χ1) is 10.4. The fourth-order valence-corrected chi connectivity index (χ4v) is 1.97. The largest absolute Gasteiger partial charge is 0.545 e. The highest BCUT2D eigenvalue weighted by atomic mass is 35.5. The maximum atomic E-state index is 12.1. The van der Waals surface area contributed by atoms with Crippen LogP contribution in [-0.4, -0.2) is 17.8 Å². The quantitative estimate of drug-likeness (QED) is 0.873. The summed E-state index contributed by atoms with van der Waals surface area (Å²) >= 11 is 5.90. The first kappa shape index (κ1) is 15.5. The molecule has 0 aromatic heterocycles. The minimum Gasteiger partial charge on any atom is -0.545 e. The van der Waals surface area contributed by atoms with Gasteiger partial charge in [-0.2, -0.15) is 0 Å². The molecule has 1 amide bonds. The van der Waals surface area contributed by atoms with E-state index in [0.717, 1.165) is 18.2 Å². The minimum absolute atomic E-state index is 0.245. The van der Waals surface area contributed by atoms with E-state index in [1.165, 1.54) is 6.07 Å².